The third-order valence-corrected chi connectivity index (χ3v) is 6.75. The Morgan fingerprint density at radius 2 is 1.49 bits per heavy atom. The van der Waals surface area contributed by atoms with E-state index in [1.807, 2.05) is 0 Å². The van der Waals surface area contributed by atoms with Gasteiger partial charge in [0.15, 0.2) is 0 Å². The number of ether oxygens (including phenoxy) is 1. The minimum absolute atomic E-state index is 0.402. The van der Waals surface area contributed by atoms with Crippen LogP contribution in [0.3, 0.4) is 0 Å². The van der Waals surface area contributed by atoms with Crippen LogP contribution in [0.4, 0.5) is 32.2 Å². The van der Waals surface area contributed by atoms with Crippen molar-refractivity contribution in [2.75, 3.05) is 31.1 Å². The maximum atomic E-state index is 10.6. The first-order valence-electron chi connectivity index (χ1n) is 12.0. The van der Waals surface area contributed by atoms with Gasteiger partial charge in [-0.2, -0.15) is 31.3 Å². The molecule has 1 aromatic carbocycles. The predicted molar refractivity (Wildman–Crippen MR) is 127 cm³/mol. The van der Waals surface area contributed by atoms with Crippen LogP contribution in [0.5, 0.6) is 5.88 Å². The zero-order valence-electron chi connectivity index (χ0n) is 20.6. The van der Waals surface area contributed by atoms with Crippen molar-refractivity contribution in [2.45, 2.75) is 50.0 Å². The van der Waals surface area contributed by atoms with E-state index in [9.17, 15) is 26.3 Å². The fourth-order valence-electron chi connectivity index (χ4n) is 4.79. The van der Waals surface area contributed by atoms with E-state index in [-0.39, 0.29) is 0 Å². The Morgan fingerprint density at radius 1 is 0.897 bits per heavy atom. The van der Waals surface area contributed by atoms with Crippen molar-refractivity contribution in [1.82, 2.24) is 10.3 Å². The Labute approximate surface area is 219 Å². The summed E-state index contributed by atoms with van der Waals surface area (Å²) in [6.07, 6.45) is -5.16. The summed E-state index contributed by atoms with van der Waals surface area (Å²) in [4.78, 5) is 25.1. The number of fused-ring (bicyclic) bond motifs is 3. The van der Waals surface area contributed by atoms with Gasteiger partial charge in [-0.1, -0.05) is 24.3 Å². The molecule has 3 N–H and O–H groups in total. The Morgan fingerprint density at radius 3 is 2.08 bits per heavy atom. The number of benzene rings is 1. The lowest BCUT2D eigenvalue weighted by Crippen LogP contribution is -2.42. The van der Waals surface area contributed by atoms with Crippen LogP contribution < -0.4 is 15.0 Å². The number of pyridine rings is 1. The zero-order chi connectivity index (χ0) is 28.8. The van der Waals surface area contributed by atoms with Crippen molar-refractivity contribution < 1.29 is 50.9 Å². The number of aromatic nitrogens is 1. The Bertz CT molecular complexity index is 1140. The summed E-state index contributed by atoms with van der Waals surface area (Å²) >= 11 is 0. The molecule has 2 aromatic rings. The van der Waals surface area contributed by atoms with E-state index in [1.165, 1.54) is 31.2 Å². The van der Waals surface area contributed by atoms with Gasteiger partial charge in [0.25, 0.3) is 0 Å². The van der Waals surface area contributed by atoms with Crippen molar-refractivity contribution in [3.05, 3.63) is 53.1 Å². The van der Waals surface area contributed by atoms with Crippen molar-refractivity contribution in [3.8, 4) is 5.88 Å². The van der Waals surface area contributed by atoms with Crippen molar-refractivity contribution in [2.24, 2.45) is 0 Å². The summed E-state index contributed by atoms with van der Waals surface area (Å²) in [5.41, 5.74) is 4.75. The molecule has 0 radical (unpaired) electrons. The molecule has 1 aliphatic carbocycles. The predicted octanol–water partition coefficient (Wildman–Crippen LogP) is 4.31. The van der Waals surface area contributed by atoms with Crippen molar-refractivity contribution in [1.29, 1.82) is 0 Å². The first-order chi connectivity index (χ1) is 18.2. The van der Waals surface area contributed by atoms with Gasteiger partial charge < -0.3 is 25.2 Å². The van der Waals surface area contributed by atoms with E-state index in [4.69, 9.17) is 29.5 Å². The highest BCUT2D eigenvalue weighted by atomic mass is 19.4. The SMILES string of the molecule is O=C(O)C(F)(F)F.O=C(O)C(F)(F)F.c1ccc2c(c1)CCC21CCN(c2ccc3c(n2)OCCNC3)CC1. The fraction of sp³-hybridized carbons (Fsp3) is 0.480. The van der Waals surface area contributed by atoms with Gasteiger partial charge in [0.05, 0.1) is 0 Å². The van der Waals surface area contributed by atoms with Crippen LogP contribution in [-0.2, 0) is 28.0 Å². The quantitative estimate of drug-likeness (QED) is 0.440. The number of anilines is 1. The van der Waals surface area contributed by atoms with E-state index in [2.05, 4.69) is 46.6 Å². The third-order valence-electron chi connectivity index (χ3n) is 6.75. The largest absolute Gasteiger partial charge is 0.490 e. The van der Waals surface area contributed by atoms with Crippen LogP contribution in [-0.4, -0.2) is 65.7 Å². The summed E-state index contributed by atoms with van der Waals surface area (Å²) < 4.78 is 69.3. The lowest BCUT2D eigenvalue weighted by molar-refractivity contribution is -0.193. The van der Waals surface area contributed by atoms with E-state index >= 15 is 0 Å². The molecule has 1 spiro atoms. The van der Waals surface area contributed by atoms with Gasteiger partial charge in [0.2, 0.25) is 5.88 Å². The monoisotopic (exact) mass is 563 g/mol. The average molecular weight is 563 g/mol. The number of aryl methyl sites for hydroxylation is 1. The van der Waals surface area contributed by atoms with Gasteiger partial charge in [0, 0.05) is 31.7 Å². The fourth-order valence-corrected chi connectivity index (χ4v) is 4.79. The summed E-state index contributed by atoms with van der Waals surface area (Å²) in [5.74, 6) is -3.63. The molecule has 0 atom stereocenters. The van der Waals surface area contributed by atoms with Crippen LogP contribution in [0.1, 0.15) is 36.0 Å². The zero-order valence-corrected chi connectivity index (χ0v) is 20.6. The summed E-state index contributed by atoms with van der Waals surface area (Å²) in [6, 6.07) is 13.4. The van der Waals surface area contributed by atoms with Crippen molar-refractivity contribution in [3.63, 3.8) is 0 Å². The summed E-state index contributed by atoms with van der Waals surface area (Å²) in [6.45, 7) is 4.60. The Hall–Kier alpha value is -3.55. The molecule has 8 nitrogen and oxygen atoms in total. The number of nitrogens with one attached hydrogen (secondary N) is 1. The van der Waals surface area contributed by atoms with Crippen LogP contribution in [0.15, 0.2) is 36.4 Å². The highest BCUT2D eigenvalue weighted by molar-refractivity contribution is 5.73. The molecular weight excluding hydrogens is 536 g/mol. The van der Waals surface area contributed by atoms with Gasteiger partial charge in [-0.25, -0.2) is 9.59 Å². The van der Waals surface area contributed by atoms with Crippen molar-refractivity contribution >= 4 is 17.8 Å². The molecule has 3 heterocycles. The molecule has 1 fully saturated rings. The van der Waals surface area contributed by atoms with Gasteiger partial charge in [-0.3, -0.25) is 0 Å². The van der Waals surface area contributed by atoms with Gasteiger partial charge in [0.1, 0.15) is 12.4 Å². The van der Waals surface area contributed by atoms with Gasteiger partial charge in [-0.15, -0.1) is 0 Å². The second-order valence-corrected chi connectivity index (χ2v) is 9.19. The number of halogens is 6. The number of alkyl halides is 6. The minimum Gasteiger partial charge on any atom is -0.476 e. The van der Waals surface area contributed by atoms with Crippen LogP contribution in [0, 0.1) is 0 Å². The summed E-state index contributed by atoms with van der Waals surface area (Å²) in [7, 11) is 0. The molecule has 0 saturated carbocycles. The molecule has 214 valence electrons. The molecule has 0 unspecified atom stereocenters. The van der Waals surface area contributed by atoms with Gasteiger partial charge in [-0.05, 0) is 54.4 Å². The number of carboxylic acid groups (broad SMARTS) is 2. The molecule has 0 bridgehead atoms. The Balaban J connectivity index is 0.000000251. The van der Waals surface area contributed by atoms with E-state index in [0.29, 0.717) is 12.0 Å². The molecule has 1 aromatic heterocycles. The number of carbonyl (C=O) groups is 2. The van der Waals surface area contributed by atoms with E-state index < -0.39 is 24.3 Å². The second-order valence-electron chi connectivity index (χ2n) is 9.19. The molecular formula is C25H27F6N3O5. The second kappa shape index (κ2) is 12.1. The number of aliphatic carboxylic acids is 2. The number of rotatable bonds is 1. The maximum absolute atomic E-state index is 10.6. The third kappa shape index (κ3) is 7.74. The topological polar surface area (TPSA) is 112 Å². The molecule has 1 saturated heterocycles. The number of piperidine rings is 1. The van der Waals surface area contributed by atoms with E-state index in [0.717, 1.165) is 37.9 Å². The first kappa shape index (κ1) is 30.0. The van der Waals surface area contributed by atoms with Crippen LogP contribution in [0.25, 0.3) is 0 Å². The molecule has 14 heteroatoms. The first-order valence-corrected chi connectivity index (χ1v) is 12.0. The number of carboxylic acids is 2. The highest BCUT2D eigenvalue weighted by Gasteiger charge is 2.41. The number of hydrogen-bond donors (Lipinski definition) is 3. The molecule has 2 aliphatic heterocycles. The smallest absolute Gasteiger partial charge is 0.476 e. The van der Waals surface area contributed by atoms with Crippen LogP contribution >= 0.6 is 0 Å². The highest BCUT2D eigenvalue weighted by Crippen LogP contribution is 2.46. The van der Waals surface area contributed by atoms with E-state index in [1.54, 1.807) is 11.1 Å². The van der Waals surface area contributed by atoms with Gasteiger partial charge >= 0.3 is 24.3 Å². The lowest BCUT2D eigenvalue weighted by Gasteiger charge is -2.40. The lowest BCUT2D eigenvalue weighted by atomic mass is 9.74. The number of hydrogen-bond acceptors (Lipinski definition) is 6. The molecule has 39 heavy (non-hydrogen) atoms. The molecule has 0 amide bonds. The molecule has 5 rings (SSSR count). The normalized spacial score (nSPS) is 17.7. The molecule has 3 aliphatic rings. The minimum atomic E-state index is -5.08. The summed E-state index contributed by atoms with van der Waals surface area (Å²) in [5, 5.41) is 17.6. The maximum Gasteiger partial charge on any atom is 0.490 e. The number of nitrogens with zero attached hydrogens (tertiary/aromatic N) is 2. The average Bonchev–Trinajstić information content (AvgIpc) is 3.06. The Kier molecular flexibility index (Phi) is 9.30. The standard InChI is InChI=1S/C21H25N3O.2C2HF3O2/c1-2-4-18-16(3-1)7-8-21(18)9-12-24(13-10-21)19-6-5-17-15-22-11-14-25-20(17)23-19;2*3-2(4,5)1(6)7/h1-6,22H,7-15H2;2*(H,6,7). The van der Waals surface area contributed by atoms with Crippen LogP contribution in [0.2, 0.25) is 0 Å².